The quantitative estimate of drug-likeness (QED) is 0.469. The Hall–Kier alpha value is -4.10. The molecule has 2 aromatic heterocycles. The zero-order valence-electron chi connectivity index (χ0n) is 17.1. The molecule has 0 saturated carbocycles. The highest BCUT2D eigenvalue weighted by Gasteiger charge is 2.17. The van der Waals surface area contributed by atoms with E-state index in [1.165, 1.54) is 15.5 Å². The van der Waals surface area contributed by atoms with Gasteiger partial charge in [-0.3, -0.25) is 18.7 Å². The molecular weight excluding hydrogens is 404 g/mol. The molecule has 5 aromatic rings. The van der Waals surface area contributed by atoms with Crippen molar-refractivity contribution in [3.63, 3.8) is 0 Å². The van der Waals surface area contributed by atoms with Gasteiger partial charge in [0, 0.05) is 5.56 Å². The molecule has 3 aromatic carbocycles. The lowest BCUT2D eigenvalue weighted by Gasteiger charge is -2.18. The molecule has 0 radical (unpaired) electrons. The zero-order valence-corrected chi connectivity index (χ0v) is 17.1. The average molecular weight is 424 g/mol. The summed E-state index contributed by atoms with van der Waals surface area (Å²) in [7, 11) is 0. The van der Waals surface area contributed by atoms with Crippen LogP contribution in [-0.4, -0.2) is 30.3 Å². The summed E-state index contributed by atoms with van der Waals surface area (Å²) >= 11 is 0. The Morgan fingerprint density at radius 3 is 2.12 bits per heavy atom. The molecule has 32 heavy (non-hydrogen) atoms. The standard InChI is InChI=1S/C25H20N4O3/c30-18(14-28-16-26-21-12-6-4-10-19(21)24(28)31)15-29-23(17-8-2-1-3-9-17)27-22-13-7-5-11-20(22)25(29)32/h1-13,16,18,30H,14-15H2. The minimum Gasteiger partial charge on any atom is -0.389 e. The number of benzene rings is 3. The van der Waals surface area contributed by atoms with Gasteiger partial charge in [-0.1, -0.05) is 54.6 Å². The van der Waals surface area contributed by atoms with Crippen molar-refractivity contribution in [2.45, 2.75) is 19.2 Å². The first kappa shape index (κ1) is 19.8. The molecule has 0 aliphatic rings. The van der Waals surface area contributed by atoms with Crippen LogP contribution in [0.4, 0.5) is 0 Å². The average Bonchev–Trinajstić information content (AvgIpc) is 2.83. The zero-order chi connectivity index (χ0) is 22.1. The number of aromatic nitrogens is 4. The predicted octanol–water partition coefficient (Wildman–Crippen LogP) is 2.83. The van der Waals surface area contributed by atoms with E-state index in [1.807, 2.05) is 42.5 Å². The summed E-state index contributed by atoms with van der Waals surface area (Å²) in [6.45, 7) is -0.00960. The molecule has 0 spiro atoms. The largest absolute Gasteiger partial charge is 0.389 e. The number of aliphatic hydroxyl groups excluding tert-OH is 1. The molecule has 5 rings (SSSR count). The SMILES string of the molecule is O=c1c2ccccc2ncn1CC(O)Cn1c(-c2ccccc2)nc2ccccc2c1=O. The number of fused-ring (bicyclic) bond motifs is 2. The first-order chi connectivity index (χ1) is 15.6. The second kappa shape index (κ2) is 8.20. The van der Waals surface area contributed by atoms with Crippen molar-refractivity contribution in [2.24, 2.45) is 0 Å². The molecule has 1 unspecified atom stereocenters. The minimum atomic E-state index is -1.00. The number of hydrogen-bond donors (Lipinski definition) is 1. The first-order valence-corrected chi connectivity index (χ1v) is 10.3. The van der Waals surface area contributed by atoms with Gasteiger partial charge in [0.2, 0.25) is 0 Å². The first-order valence-electron chi connectivity index (χ1n) is 10.3. The Kier molecular flexibility index (Phi) is 5.09. The second-order valence-corrected chi connectivity index (χ2v) is 7.61. The molecule has 2 heterocycles. The van der Waals surface area contributed by atoms with Crippen LogP contribution in [0, 0.1) is 0 Å². The van der Waals surface area contributed by atoms with Gasteiger partial charge in [0.15, 0.2) is 0 Å². The molecule has 0 fully saturated rings. The lowest BCUT2D eigenvalue weighted by molar-refractivity contribution is 0.132. The number of aliphatic hydroxyl groups is 1. The summed E-state index contributed by atoms with van der Waals surface area (Å²) in [6, 6.07) is 23.6. The topological polar surface area (TPSA) is 90.0 Å². The summed E-state index contributed by atoms with van der Waals surface area (Å²) in [4.78, 5) is 35.1. The summed E-state index contributed by atoms with van der Waals surface area (Å²) in [5.41, 5.74) is 1.49. The van der Waals surface area contributed by atoms with Gasteiger partial charge in [-0.15, -0.1) is 0 Å². The summed E-state index contributed by atoms with van der Waals surface area (Å²) in [6.07, 6.45) is 0.423. The van der Waals surface area contributed by atoms with E-state index in [2.05, 4.69) is 4.98 Å². The van der Waals surface area contributed by atoms with Gasteiger partial charge >= 0.3 is 0 Å². The molecule has 7 nitrogen and oxygen atoms in total. The number of hydrogen-bond acceptors (Lipinski definition) is 5. The highest BCUT2D eigenvalue weighted by molar-refractivity contribution is 5.79. The minimum absolute atomic E-state index is 0.00413. The van der Waals surface area contributed by atoms with Crippen LogP contribution in [0.1, 0.15) is 0 Å². The van der Waals surface area contributed by atoms with E-state index in [-0.39, 0.29) is 24.2 Å². The number of nitrogens with zero attached hydrogens (tertiary/aromatic N) is 4. The van der Waals surface area contributed by atoms with Gasteiger partial charge in [-0.2, -0.15) is 0 Å². The van der Waals surface area contributed by atoms with Crippen molar-refractivity contribution in [1.29, 1.82) is 0 Å². The highest BCUT2D eigenvalue weighted by Crippen LogP contribution is 2.19. The fourth-order valence-corrected chi connectivity index (χ4v) is 3.88. The molecule has 1 atom stereocenters. The second-order valence-electron chi connectivity index (χ2n) is 7.61. The van der Waals surface area contributed by atoms with Gasteiger partial charge in [-0.25, -0.2) is 9.97 Å². The van der Waals surface area contributed by atoms with Gasteiger partial charge < -0.3 is 5.11 Å². The van der Waals surface area contributed by atoms with Crippen LogP contribution >= 0.6 is 0 Å². The van der Waals surface area contributed by atoms with E-state index < -0.39 is 6.10 Å². The Bertz CT molecular complexity index is 1540. The molecule has 158 valence electrons. The smallest absolute Gasteiger partial charge is 0.261 e. The fourth-order valence-electron chi connectivity index (χ4n) is 3.88. The summed E-state index contributed by atoms with van der Waals surface area (Å²) < 4.78 is 2.84. The van der Waals surface area contributed by atoms with Crippen LogP contribution < -0.4 is 11.1 Å². The Balaban J connectivity index is 1.55. The van der Waals surface area contributed by atoms with Gasteiger partial charge in [0.05, 0.1) is 47.3 Å². The van der Waals surface area contributed by atoms with Crippen LogP contribution in [0.3, 0.4) is 0 Å². The lowest BCUT2D eigenvalue weighted by atomic mass is 10.1. The molecule has 0 saturated heterocycles. The van der Waals surface area contributed by atoms with Crippen LogP contribution in [0.25, 0.3) is 33.2 Å². The molecule has 0 aliphatic heterocycles. The van der Waals surface area contributed by atoms with Crippen LogP contribution in [0.2, 0.25) is 0 Å². The van der Waals surface area contributed by atoms with Crippen LogP contribution in [-0.2, 0) is 13.1 Å². The van der Waals surface area contributed by atoms with Crippen molar-refractivity contribution >= 4 is 21.8 Å². The highest BCUT2D eigenvalue weighted by atomic mass is 16.3. The third-order valence-corrected chi connectivity index (χ3v) is 5.43. The normalized spacial score (nSPS) is 12.3. The van der Waals surface area contributed by atoms with Crippen molar-refractivity contribution in [3.05, 3.63) is 106 Å². The van der Waals surface area contributed by atoms with E-state index in [0.29, 0.717) is 27.6 Å². The Labute approximate surface area is 182 Å². The monoisotopic (exact) mass is 424 g/mol. The molecule has 0 bridgehead atoms. The molecule has 0 amide bonds. The van der Waals surface area contributed by atoms with Crippen molar-refractivity contribution in [2.75, 3.05) is 0 Å². The third kappa shape index (κ3) is 3.59. The van der Waals surface area contributed by atoms with E-state index in [1.54, 1.807) is 36.4 Å². The van der Waals surface area contributed by atoms with Crippen molar-refractivity contribution in [3.8, 4) is 11.4 Å². The Morgan fingerprint density at radius 1 is 0.750 bits per heavy atom. The molecule has 0 aliphatic carbocycles. The maximum atomic E-state index is 13.3. The van der Waals surface area contributed by atoms with E-state index in [4.69, 9.17) is 4.98 Å². The van der Waals surface area contributed by atoms with E-state index in [9.17, 15) is 14.7 Å². The molecular formula is C25H20N4O3. The van der Waals surface area contributed by atoms with Crippen molar-refractivity contribution < 1.29 is 5.11 Å². The Morgan fingerprint density at radius 2 is 1.38 bits per heavy atom. The van der Waals surface area contributed by atoms with Crippen LogP contribution in [0.15, 0.2) is 94.8 Å². The fraction of sp³-hybridized carbons (Fsp3) is 0.120. The van der Waals surface area contributed by atoms with Gasteiger partial charge in [0.25, 0.3) is 11.1 Å². The lowest BCUT2D eigenvalue weighted by Crippen LogP contribution is -2.34. The number of rotatable bonds is 5. The molecule has 1 N–H and O–H groups in total. The van der Waals surface area contributed by atoms with Gasteiger partial charge in [-0.05, 0) is 24.3 Å². The molecule has 7 heteroatoms. The predicted molar refractivity (Wildman–Crippen MR) is 123 cm³/mol. The van der Waals surface area contributed by atoms with Crippen molar-refractivity contribution in [1.82, 2.24) is 19.1 Å². The number of para-hydroxylation sites is 2. The van der Waals surface area contributed by atoms with E-state index in [0.717, 1.165) is 5.56 Å². The van der Waals surface area contributed by atoms with E-state index >= 15 is 0 Å². The maximum absolute atomic E-state index is 13.3. The summed E-state index contributed by atoms with van der Waals surface area (Å²) in [5.74, 6) is 0.470. The summed E-state index contributed by atoms with van der Waals surface area (Å²) in [5, 5.41) is 11.8. The van der Waals surface area contributed by atoms with Crippen LogP contribution in [0.5, 0.6) is 0 Å². The van der Waals surface area contributed by atoms with Gasteiger partial charge in [0.1, 0.15) is 5.82 Å². The maximum Gasteiger partial charge on any atom is 0.261 e. The third-order valence-electron chi connectivity index (χ3n) is 5.43.